The largest absolute Gasteiger partial charge is 0.465 e. The highest BCUT2D eigenvalue weighted by Crippen LogP contribution is 2.49. The highest BCUT2D eigenvalue weighted by Gasteiger charge is 2.45. The van der Waals surface area contributed by atoms with E-state index in [0.29, 0.717) is 16.6 Å². The van der Waals surface area contributed by atoms with Crippen LogP contribution in [0.5, 0.6) is 0 Å². The van der Waals surface area contributed by atoms with E-state index in [9.17, 15) is 13.2 Å². The fraction of sp³-hybridized carbons (Fsp3) is 0.150. The first-order valence-electron chi connectivity index (χ1n) is 8.67. The Balaban J connectivity index is 1.54. The monoisotopic (exact) mass is 396 g/mol. The lowest BCUT2D eigenvalue weighted by Gasteiger charge is -2.18. The number of benzene rings is 3. The number of esters is 1. The molecule has 0 amide bonds. The molecule has 142 valence electrons. The number of hydrogen-bond donors (Lipinski definition) is 2. The molecule has 1 saturated heterocycles. The van der Waals surface area contributed by atoms with E-state index in [1.54, 1.807) is 18.2 Å². The van der Waals surface area contributed by atoms with Crippen LogP contribution in [-0.4, -0.2) is 27.7 Å². The van der Waals surface area contributed by atoms with Crippen LogP contribution in [0.15, 0.2) is 59.5 Å². The third kappa shape index (κ3) is 2.61. The average molecular weight is 396 g/mol. The van der Waals surface area contributed by atoms with Gasteiger partial charge < -0.3 is 14.8 Å². The third-order valence-corrected chi connectivity index (χ3v) is 6.42. The summed E-state index contributed by atoms with van der Waals surface area (Å²) >= 11 is 0. The third-order valence-electron chi connectivity index (χ3n) is 4.98. The number of methoxy groups -OCH3 is 1. The van der Waals surface area contributed by atoms with Gasteiger partial charge in [-0.25, -0.2) is 13.2 Å². The van der Waals surface area contributed by atoms with Crippen LogP contribution in [0, 0.1) is 0 Å². The standard InChI is InChI=1S/C20H16N2O5S/c1-26-20(23)11-5-7-12(8-6-11)22-28(24,25)16-10-9-15-17-13(16)3-2-4-14(17)18-19(21-15)27-18/h2-10,18-19,21-22H,1H3. The number of fused-ring (bicyclic) bond motifs is 2. The summed E-state index contributed by atoms with van der Waals surface area (Å²) in [6.07, 6.45) is -0.0695. The van der Waals surface area contributed by atoms with Gasteiger partial charge in [-0.3, -0.25) is 4.72 Å². The maximum absolute atomic E-state index is 13.1. The van der Waals surface area contributed by atoms with Gasteiger partial charge in [-0.05, 0) is 42.0 Å². The molecule has 1 fully saturated rings. The second kappa shape index (κ2) is 5.95. The van der Waals surface area contributed by atoms with Crippen LogP contribution in [0.3, 0.4) is 0 Å². The summed E-state index contributed by atoms with van der Waals surface area (Å²) in [4.78, 5) is 11.7. The van der Waals surface area contributed by atoms with Crippen LogP contribution in [0.4, 0.5) is 11.4 Å². The van der Waals surface area contributed by atoms with E-state index in [0.717, 1.165) is 16.6 Å². The Kier molecular flexibility index (Phi) is 3.62. The second-order valence-electron chi connectivity index (χ2n) is 6.68. The smallest absolute Gasteiger partial charge is 0.337 e. The first-order chi connectivity index (χ1) is 13.5. The van der Waals surface area contributed by atoms with E-state index in [-0.39, 0.29) is 17.2 Å². The van der Waals surface area contributed by atoms with Gasteiger partial charge in [-0.15, -0.1) is 0 Å². The zero-order valence-electron chi connectivity index (χ0n) is 14.8. The van der Waals surface area contributed by atoms with Gasteiger partial charge in [0, 0.05) is 22.1 Å². The molecule has 3 aromatic rings. The maximum Gasteiger partial charge on any atom is 0.337 e. The Morgan fingerprint density at radius 1 is 1.11 bits per heavy atom. The molecule has 0 aliphatic carbocycles. The molecule has 2 atom stereocenters. The number of hydrogen-bond acceptors (Lipinski definition) is 6. The topological polar surface area (TPSA) is 97.0 Å². The Morgan fingerprint density at radius 3 is 2.64 bits per heavy atom. The lowest BCUT2D eigenvalue weighted by atomic mass is 9.97. The molecule has 0 saturated carbocycles. The van der Waals surface area contributed by atoms with E-state index in [1.807, 2.05) is 12.1 Å². The number of nitrogens with one attached hydrogen (secondary N) is 2. The first-order valence-corrected chi connectivity index (χ1v) is 10.1. The molecule has 2 aliphatic rings. The number of epoxide rings is 1. The van der Waals surface area contributed by atoms with Crippen molar-refractivity contribution in [2.45, 2.75) is 17.2 Å². The van der Waals surface area contributed by atoms with Crippen molar-refractivity contribution in [3.63, 3.8) is 0 Å². The number of anilines is 2. The fourth-order valence-corrected chi connectivity index (χ4v) is 4.88. The van der Waals surface area contributed by atoms with Crippen molar-refractivity contribution in [3.8, 4) is 0 Å². The van der Waals surface area contributed by atoms with Crippen LogP contribution >= 0.6 is 0 Å². The SMILES string of the molecule is COC(=O)c1ccc(NS(=O)(=O)c2ccc3c4c(cccc24)C2OC2N3)cc1. The van der Waals surface area contributed by atoms with Gasteiger partial charge in [-0.2, -0.15) is 0 Å². The predicted molar refractivity (Wildman–Crippen MR) is 104 cm³/mol. The second-order valence-corrected chi connectivity index (χ2v) is 8.33. The van der Waals surface area contributed by atoms with Gasteiger partial charge in [0.2, 0.25) is 0 Å². The normalized spacial score (nSPS) is 19.5. The summed E-state index contributed by atoms with van der Waals surface area (Å²) in [5.41, 5.74) is 2.57. The summed E-state index contributed by atoms with van der Waals surface area (Å²) in [5, 5.41) is 4.77. The van der Waals surface area contributed by atoms with Crippen LogP contribution in [0.25, 0.3) is 10.8 Å². The van der Waals surface area contributed by atoms with Crippen molar-refractivity contribution in [3.05, 3.63) is 65.7 Å². The molecule has 2 N–H and O–H groups in total. The van der Waals surface area contributed by atoms with Crippen LogP contribution in [0.2, 0.25) is 0 Å². The summed E-state index contributed by atoms with van der Waals surface area (Å²) in [7, 11) is -2.54. The van der Waals surface area contributed by atoms with Gasteiger partial charge in [0.05, 0.1) is 17.6 Å². The molecule has 0 radical (unpaired) electrons. The molecule has 0 aromatic heterocycles. The van der Waals surface area contributed by atoms with E-state index < -0.39 is 16.0 Å². The molecule has 7 nitrogen and oxygen atoms in total. The summed E-state index contributed by atoms with van der Waals surface area (Å²) in [5.74, 6) is -0.480. The highest BCUT2D eigenvalue weighted by molar-refractivity contribution is 7.93. The zero-order valence-corrected chi connectivity index (χ0v) is 15.6. The molecule has 28 heavy (non-hydrogen) atoms. The molecule has 2 aliphatic heterocycles. The molecule has 5 rings (SSSR count). The predicted octanol–water partition coefficient (Wildman–Crippen LogP) is 3.25. The van der Waals surface area contributed by atoms with E-state index >= 15 is 0 Å². The minimum absolute atomic E-state index is 0.0343. The summed E-state index contributed by atoms with van der Waals surface area (Å²) < 4.78 is 38.9. The van der Waals surface area contributed by atoms with Crippen LogP contribution in [0.1, 0.15) is 22.0 Å². The number of ether oxygens (including phenoxy) is 2. The molecular formula is C20H16N2O5S. The van der Waals surface area contributed by atoms with Crippen molar-refractivity contribution in [2.24, 2.45) is 0 Å². The number of carbonyl (C=O) groups excluding carboxylic acids is 1. The molecule has 8 heteroatoms. The van der Waals surface area contributed by atoms with Crippen molar-refractivity contribution >= 4 is 38.1 Å². The molecule has 2 heterocycles. The van der Waals surface area contributed by atoms with Gasteiger partial charge in [0.25, 0.3) is 10.0 Å². The fourth-order valence-electron chi connectivity index (χ4n) is 3.61. The average Bonchev–Trinajstić information content (AvgIpc) is 3.48. The van der Waals surface area contributed by atoms with Gasteiger partial charge in [0.15, 0.2) is 6.23 Å². The summed E-state index contributed by atoms with van der Waals surface area (Å²) in [6.45, 7) is 0. The van der Waals surface area contributed by atoms with Crippen molar-refractivity contribution < 1.29 is 22.7 Å². The lowest BCUT2D eigenvalue weighted by molar-refractivity contribution is 0.0601. The molecule has 0 spiro atoms. The molecule has 2 unspecified atom stereocenters. The first kappa shape index (κ1) is 17.0. The Bertz CT molecular complexity index is 1220. The summed E-state index contributed by atoms with van der Waals surface area (Å²) in [6, 6.07) is 15.0. The Hall–Kier alpha value is -3.10. The van der Waals surface area contributed by atoms with Crippen molar-refractivity contribution in [2.75, 3.05) is 17.1 Å². The Morgan fingerprint density at radius 2 is 1.89 bits per heavy atom. The number of sulfonamides is 1. The van der Waals surface area contributed by atoms with Gasteiger partial charge >= 0.3 is 5.97 Å². The minimum atomic E-state index is -3.83. The lowest BCUT2D eigenvalue weighted by Crippen LogP contribution is -2.15. The number of carbonyl (C=O) groups is 1. The maximum atomic E-state index is 13.1. The van der Waals surface area contributed by atoms with E-state index in [2.05, 4.69) is 14.8 Å². The van der Waals surface area contributed by atoms with E-state index in [1.165, 1.54) is 31.4 Å². The Labute approximate surface area is 161 Å². The van der Waals surface area contributed by atoms with Gasteiger partial charge in [-0.1, -0.05) is 18.2 Å². The van der Waals surface area contributed by atoms with Crippen LogP contribution in [-0.2, 0) is 19.5 Å². The van der Waals surface area contributed by atoms with Crippen LogP contribution < -0.4 is 10.0 Å². The van der Waals surface area contributed by atoms with Gasteiger partial charge in [0.1, 0.15) is 6.10 Å². The molecular weight excluding hydrogens is 380 g/mol. The van der Waals surface area contributed by atoms with E-state index in [4.69, 9.17) is 4.74 Å². The molecule has 0 bridgehead atoms. The quantitative estimate of drug-likeness (QED) is 0.519. The number of rotatable bonds is 4. The minimum Gasteiger partial charge on any atom is -0.465 e. The zero-order chi connectivity index (χ0) is 19.5. The van der Waals surface area contributed by atoms with Crippen molar-refractivity contribution in [1.82, 2.24) is 0 Å². The van der Waals surface area contributed by atoms with Crippen molar-refractivity contribution in [1.29, 1.82) is 0 Å². The highest BCUT2D eigenvalue weighted by atomic mass is 32.2. The molecule has 3 aromatic carbocycles.